The smallest absolute Gasteiger partial charge is 0.416 e. The van der Waals surface area contributed by atoms with Gasteiger partial charge in [-0.05, 0) is 48.9 Å². The Bertz CT molecular complexity index is 1020. The van der Waals surface area contributed by atoms with E-state index >= 15 is 0 Å². The molecule has 0 bridgehead atoms. The zero-order chi connectivity index (χ0) is 24.6. The lowest BCUT2D eigenvalue weighted by molar-refractivity contribution is -0.142. The molecule has 1 saturated heterocycles. The van der Waals surface area contributed by atoms with Crippen LogP contribution in [0.4, 0.5) is 24.5 Å². The van der Waals surface area contributed by atoms with Crippen LogP contribution in [-0.2, 0) is 25.2 Å². The Morgan fingerprint density at radius 3 is 2.47 bits per heavy atom. The molecule has 0 aliphatic carbocycles. The third-order valence-electron chi connectivity index (χ3n) is 4.90. The normalized spacial score (nSPS) is 14.2. The fraction of sp³-hybridized carbons (Fsp3) is 0.333. The van der Waals surface area contributed by atoms with Crippen molar-refractivity contribution in [3.63, 3.8) is 0 Å². The van der Waals surface area contributed by atoms with E-state index in [0.717, 1.165) is 23.8 Å². The number of alkyl halides is 3. The largest absolute Gasteiger partial charge is 0.494 e. The predicted molar refractivity (Wildman–Crippen MR) is 121 cm³/mol. The van der Waals surface area contributed by atoms with Gasteiger partial charge < -0.3 is 24.4 Å². The van der Waals surface area contributed by atoms with Crippen LogP contribution < -0.4 is 15.0 Å². The number of ether oxygens (including phenoxy) is 3. The summed E-state index contributed by atoms with van der Waals surface area (Å²) in [6.45, 7) is 3.55. The molecule has 1 fully saturated rings. The lowest BCUT2D eigenvalue weighted by Gasteiger charge is -2.31. The zero-order valence-electron chi connectivity index (χ0n) is 18.6. The summed E-state index contributed by atoms with van der Waals surface area (Å²) in [7, 11) is 0. The minimum Gasteiger partial charge on any atom is -0.494 e. The molecule has 34 heavy (non-hydrogen) atoms. The molecule has 1 aliphatic heterocycles. The maximum atomic E-state index is 13.2. The highest BCUT2D eigenvalue weighted by atomic mass is 19.4. The van der Waals surface area contributed by atoms with Gasteiger partial charge in [0.05, 0.1) is 36.8 Å². The topological polar surface area (TPSA) is 77.1 Å². The summed E-state index contributed by atoms with van der Waals surface area (Å²) < 4.78 is 55.1. The van der Waals surface area contributed by atoms with Crippen molar-refractivity contribution in [3.05, 3.63) is 59.7 Å². The van der Waals surface area contributed by atoms with Crippen LogP contribution in [0.15, 0.2) is 48.5 Å². The van der Waals surface area contributed by atoms with Crippen LogP contribution in [0.3, 0.4) is 0 Å². The highest BCUT2D eigenvalue weighted by Crippen LogP contribution is 2.35. The molecule has 0 saturated carbocycles. The van der Waals surface area contributed by atoms with Crippen LogP contribution in [0.2, 0.25) is 0 Å². The standard InChI is InChI=1S/C24H25F3N2O5/c1-2-33-19-7-3-17(4-8-19)5-10-23(31)34-16-22(30)28-20-15-18(24(25,26)27)6-9-21(20)29-11-13-32-14-12-29/h3-10,15H,2,11-14,16H2,1H3,(H,28,30)/b10-5+. The summed E-state index contributed by atoms with van der Waals surface area (Å²) in [5, 5.41) is 2.43. The number of carbonyl (C=O) groups is 2. The van der Waals surface area contributed by atoms with Crippen molar-refractivity contribution in [1.82, 2.24) is 0 Å². The van der Waals surface area contributed by atoms with E-state index in [2.05, 4.69) is 5.32 Å². The number of esters is 1. The first-order valence-electron chi connectivity index (χ1n) is 10.7. The van der Waals surface area contributed by atoms with Crippen molar-refractivity contribution in [2.24, 2.45) is 0 Å². The highest BCUT2D eigenvalue weighted by Gasteiger charge is 2.32. The summed E-state index contributed by atoms with van der Waals surface area (Å²) in [5.41, 5.74) is 0.258. The quantitative estimate of drug-likeness (QED) is 0.454. The molecule has 10 heteroatoms. The van der Waals surface area contributed by atoms with Gasteiger partial charge in [0.2, 0.25) is 0 Å². The maximum Gasteiger partial charge on any atom is 0.416 e. The predicted octanol–water partition coefficient (Wildman–Crippen LogP) is 4.14. The number of amides is 1. The molecule has 0 radical (unpaired) electrons. The van der Waals surface area contributed by atoms with E-state index in [1.165, 1.54) is 12.1 Å². The van der Waals surface area contributed by atoms with E-state index in [4.69, 9.17) is 14.2 Å². The fourth-order valence-electron chi connectivity index (χ4n) is 3.27. The monoisotopic (exact) mass is 478 g/mol. The van der Waals surface area contributed by atoms with Gasteiger partial charge in [-0.3, -0.25) is 4.79 Å². The Labute approximate surface area is 195 Å². The number of anilines is 2. The van der Waals surface area contributed by atoms with Gasteiger partial charge in [-0.15, -0.1) is 0 Å². The molecular weight excluding hydrogens is 453 g/mol. The summed E-state index contributed by atoms with van der Waals surface area (Å²) in [6.07, 6.45) is -1.90. The van der Waals surface area contributed by atoms with Gasteiger partial charge in [-0.25, -0.2) is 4.79 Å². The van der Waals surface area contributed by atoms with E-state index < -0.39 is 30.2 Å². The summed E-state index contributed by atoms with van der Waals surface area (Å²) >= 11 is 0. The summed E-state index contributed by atoms with van der Waals surface area (Å²) in [6, 6.07) is 10.2. The third kappa shape index (κ3) is 7.24. The number of rotatable bonds is 8. The van der Waals surface area contributed by atoms with E-state index in [0.29, 0.717) is 44.3 Å². The Hall–Kier alpha value is -3.53. The first-order valence-corrected chi connectivity index (χ1v) is 10.7. The van der Waals surface area contributed by atoms with E-state index in [-0.39, 0.29) is 5.69 Å². The molecule has 1 amide bonds. The van der Waals surface area contributed by atoms with Crippen molar-refractivity contribution >= 4 is 29.3 Å². The maximum absolute atomic E-state index is 13.2. The van der Waals surface area contributed by atoms with Crippen LogP contribution in [-0.4, -0.2) is 51.4 Å². The molecule has 1 aliphatic rings. The number of carbonyl (C=O) groups excluding carboxylic acids is 2. The van der Waals surface area contributed by atoms with Crippen LogP contribution in [0.5, 0.6) is 5.75 Å². The lowest BCUT2D eigenvalue weighted by atomic mass is 10.1. The van der Waals surface area contributed by atoms with Crippen LogP contribution >= 0.6 is 0 Å². The Balaban J connectivity index is 1.61. The molecular formula is C24H25F3N2O5. The Morgan fingerprint density at radius 2 is 1.82 bits per heavy atom. The average Bonchev–Trinajstić information content (AvgIpc) is 2.82. The molecule has 1 N–H and O–H groups in total. The van der Waals surface area contributed by atoms with E-state index in [1.54, 1.807) is 24.3 Å². The van der Waals surface area contributed by atoms with Gasteiger partial charge in [0.1, 0.15) is 5.75 Å². The van der Waals surface area contributed by atoms with Gasteiger partial charge in [-0.1, -0.05) is 12.1 Å². The first kappa shape index (κ1) is 25.1. The van der Waals surface area contributed by atoms with E-state index in [9.17, 15) is 22.8 Å². The molecule has 2 aromatic carbocycles. The highest BCUT2D eigenvalue weighted by molar-refractivity contribution is 5.97. The molecule has 3 rings (SSSR count). The van der Waals surface area contributed by atoms with Crippen molar-refractivity contribution in [3.8, 4) is 5.75 Å². The molecule has 2 aromatic rings. The number of hydrogen-bond donors (Lipinski definition) is 1. The van der Waals surface area contributed by atoms with Gasteiger partial charge in [0, 0.05) is 19.2 Å². The fourth-order valence-corrected chi connectivity index (χ4v) is 3.27. The summed E-state index contributed by atoms with van der Waals surface area (Å²) in [5.74, 6) is -0.817. The SMILES string of the molecule is CCOc1ccc(/C=C/C(=O)OCC(=O)Nc2cc(C(F)(F)F)ccc2N2CCOCC2)cc1. The van der Waals surface area contributed by atoms with Gasteiger partial charge in [0.15, 0.2) is 6.61 Å². The Kier molecular flexibility index (Phi) is 8.53. The zero-order valence-corrected chi connectivity index (χ0v) is 18.6. The van der Waals surface area contributed by atoms with Crippen LogP contribution in [0, 0.1) is 0 Å². The molecule has 182 valence electrons. The number of nitrogens with zero attached hydrogens (tertiary/aromatic N) is 1. The van der Waals surface area contributed by atoms with Crippen molar-refractivity contribution < 1.29 is 37.0 Å². The van der Waals surface area contributed by atoms with Gasteiger partial charge >= 0.3 is 12.1 Å². The number of nitrogens with one attached hydrogen (secondary N) is 1. The summed E-state index contributed by atoms with van der Waals surface area (Å²) in [4.78, 5) is 26.1. The number of hydrogen-bond acceptors (Lipinski definition) is 6. The van der Waals surface area contributed by atoms with Gasteiger partial charge in [-0.2, -0.15) is 13.2 Å². The molecule has 7 nitrogen and oxygen atoms in total. The van der Waals surface area contributed by atoms with Crippen LogP contribution in [0.25, 0.3) is 6.08 Å². The van der Waals surface area contributed by atoms with Crippen molar-refractivity contribution in [2.45, 2.75) is 13.1 Å². The first-order chi connectivity index (χ1) is 16.3. The molecule has 0 spiro atoms. The molecule has 0 atom stereocenters. The number of morpholine rings is 1. The average molecular weight is 478 g/mol. The Morgan fingerprint density at radius 1 is 1.12 bits per heavy atom. The number of halogens is 3. The van der Waals surface area contributed by atoms with Crippen molar-refractivity contribution in [2.75, 3.05) is 49.7 Å². The molecule has 0 aromatic heterocycles. The second kappa shape index (κ2) is 11.6. The lowest BCUT2D eigenvalue weighted by Crippen LogP contribution is -2.37. The minimum absolute atomic E-state index is 0.0114. The minimum atomic E-state index is -4.57. The second-order valence-electron chi connectivity index (χ2n) is 7.32. The van der Waals surface area contributed by atoms with Crippen LogP contribution in [0.1, 0.15) is 18.1 Å². The number of benzene rings is 2. The van der Waals surface area contributed by atoms with Crippen molar-refractivity contribution in [1.29, 1.82) is 0 Å². The third-order valence-corrected chi connectivity index (χ3v) is 4.90. The second-order valence-corrected chi connectivity index (χ2v) is 7.32. The van der Waals surface area contributed by atoms with E-state index in [1.807, 2.05) is 11.8 Å². The van der Waals surface area contributed by atoms with Gasteiger partial charge in [0.25, 0.3) is 5.91 Å². The molecule has 1 heterocycles. The molecule has 0 unspecified atom stereocenters.